The van der Waals surface area contributed by atoms with Gasteiger partial charge in [0, 0.05) is 37.6 Å². The van der Waals surface area contributed by atoms with E-state index in [-0.39, 0.29) is 17.8 Å². The highest BCUT2D eigenvalue weighted by atomic mass is 19.1. The van der Waals surface area contributed by atoms with E-state index in [0.29, 0.717) is 12.2 Å². The number of likely N-dealkylation sites (tertiary alicyclic amines) is 1. The van der Waals surface area contributed by atoms with Gasteiger partial charge in [0.15, 0.2) is 0 Å². The maximum atomic E-state index is 13.2. The fourth-order valence-electron chi connectivity index (χ4n) is 3.96. The maximum absolute atomic E-state index is 13.2. The first-order valence-electron chi connectivity index (χ1n) is 9.93. The summed E-state index contributed by atoms with van der Waals surface area (Å²) in [5.74, 6) is 0.596. The van der Waals surface area contributed by atoms with Gasteiger partial charge in [0.25, 0.3) is 5.91 Å². The van der Waals surface area contributed by atoms with E-state index in [4.69, 9.17) is 0 Å². The van der Waals surface area contributed by atoms with Gasteiger partial charge in [-0.25, -0.2) is 9.37 Å². The van der Waals surface area contributed by atoms with E-state index < -0.39 is 0 Å². The zero-order valence-corrected chi connectivity index (χ0v) is 16.7. The van der Waals surface area contributed by atoms with Crippen LogP contribution in [-0.2, 0) is 7.05 Å². The number of carbonyl (C=O) groups is 1. The van der Waals surface area contributed by atoms with Gasteiger partial charge in [-0.2, -0.15) is 0 Å². The Kier molecular flexibility index (Phi) is 5.34. The second kappa shape index (κ2) is 8.07. The van der Waals surface area contributed by atoms with Crippen LogP contribution in [0.4, 0.5) is 10.2 Å². The quantitative estimate of drug-likeness (QED) is 0.706. The van der Waals surface area contributed by atoms with Crippen LogP contribution in [0, 0.1) is 12.7 Å². The highest BCUT2D eigenvalue weighted by Crippen LogP contribution is 2.25. The number of nitrogens with one attached hydrogen (secondary N) is 1. The van der Waals surface area contributed by atoms with Crippen molar-refractivity contribution in [3.8, 4) is 11.3 Å². The predicted molar refractivity (Wildman–Crippen MR) is 112 cm³/mol. The Bertz CT molecular complexity index is 1010. The molecular weight excluding hydrogens is 367 g/mol. The Morgan fingerprint density at radius 1 is 1.17 bits per heavy atom. The molecule has 1 aromatic carbocycles. The van der Waals surface area contributed by atoms with Crippen LogP contribution in [-0.4, -0.2) is 39.5 Å². The SMILES string of the molecule is Cc1cccc(NCC2CCCN2C(=O)c2ccc(-c3ccc(F)cc3)n2C)n1. The van der Waals surface area contributed by atoms with E-state index in [1.165, 1.54) is 12.1 Å². The van der Waals surface area contributed by atoms with Crippen molar-refractivity contribution in [2.45, 2.75) is 25.8 Å². The number of rotatable bonds is 5. The number of pyridine rings is 1. The van der Waals surface area contributed by atoms with Crippen LogP contribution in [0.3, 0.4) is 0 Å². The maximum Gasteiger partial charge on any atom is 0.270 e. The molecule has 6 heteroatoms. The van der Waals surface area contributed by atoms with E-state index in [1.54, 1.807) is 12.1 Å². The van der Waals surface area contributed by atoms with Crippen molar-refractivity contribution in [3.05, 3.63) is 71.8 Å². The molecule has 5 nitrogen and oxygen atoms in total. The Morgan fingerprint density at radius 3 is 2.72 bits per heavy atom. The van der Waals surface area contributed by atoms with Crippen LogP contribution in [0.2, 0.25) is 0 Å². The van der Waals surface area contributed by atoms with Crippen LogP contribution in [0.1, 0.15) is 29.0 Å². The molecule has 3 aromatic rings. The minimum atomic E-state index is -0.269. The van der Waals surface area contributed by atoms with E-state index in [9.17, 15) is 9.18 Å². The highest BCUT2D eigenvalue weighted by Gasteiger charge is 2.30. The molecule has 0 saturated carbocycles. The number of hydrogen-bond acceptors (Lipinski definition) is 3. The van der Waals surface area contributed by atoms with Gasteiger partial charge in [-0.05, 0) is 73.9 Å². The number of aromatic nitrogens is 2. The number of halogens is 1. The molecule has 2 aromatic heterocycles. The lowest BCUT2D eigenvalue weighted by atomic mass is 10.1. The van der Waals surface area contributed by atoms with Crippen molar-refractivity contribution >= 4 is 11.7 Å². The summed E-state index contributed by atoms with van der Waals surface area (Å²) in [6.07, 6.45) is 1.97. The van der Waals surface area contributed by atoms with Gasteiger partial charge in [0.1, 0.15) is 17.3 Å². The number of benzene rings is 1. The second-order valence-corrected chi connectivity index (χ2v) is 7.51. The third-order valence-electron chi connectivity index (χ3n) is 5.53. The first-order chi connectivity index (χ1) is 14.0. The molecule has 1 atom stereocenters. The number of anilines is 1. The first-order valence-corrected chi connectivity index (χ1v) is 9.93. The summed E-state index contributed by atoms with van der Waals surface area (Å²) in [5, 5.41) is 3.37. The molecule has 3 heterocycles. The predicted octanol–water partition coefficient (Wildman–Crippen LogP) is 4.25. The van der Waals surface area contributed by atoms with Gasteiger partial charge in [-0.1, -0.05) is 6.07 Å². The molecule has 1 amide bonds. The van der Waals surface area contributed by atoms with E-state index in [2.05, 4.69) is 10.3 Å². The van der Waals surface area contributed by atoms with Crippen molar-refractivity contribution in [1.82, 2.24) is 14.5 Å². The molecule has 1 aliphatic heterocycles. The summed E-state index contributed by atoms with van der Waals surface area (Å²) in [6, 6.07) is 16.1. The molecule has 29 heavy (non-hydrogen) atoms. The molecule has 4 rings (SSSR count). The number of carbonyl (C=O) groups excluding carboxylic acids is 1. The minimum absolute atomic E-state index is 0.0300. The molecule has 0 aliphatic carbocycles. The van der Waals surface area contributed by atoms with Crippen molar-refractivity contribution in [3.63, 3.8) is 0 Å². The van der Waals surface area contributed by atoms with E-state index in [0.717, 1.165) is 42.2 Å². The molecule has 0 radical (unpaired) electrons. The first kappa shape index (κ1) is 19.2. The Balaban J connectivity index is 1.49. The smallest absolute Gasteiger partial charge is 0.270 e. The van der Waals surface area contributed by atoms with Crippen LogP contribution in [0.5, 0.6) is 0 Å². The molecule has 1 fully saturated rings. The van der Waals surface area contributed by atoms with Crippen molar-refractivity contribution in [2.24, 2.45) is 7.05 Å². The summed E-state index contributed by atoms with van der Waals surface area (Å²) in [4.78, 5) is 19.7. The molecule has 1 aliphatic rings. The summed E-state index contributed by atoms with van der Waals surface area (Å²) >= 11 is 0. The lowest BCUT2D eigenvalue weighted by Gasteiger charge is -2.25. The van der Waals surface area contributed by atoms with Crippen LogP contribution in [0.25, 0.3) is 11.3 Å². The van der Waals surface area contributed by atoms with Gasteiger partial charge in [-0.15, -0.1) is 0 Å². The zero-order chi connectivity index (χ0) is 20.4. The molecule has 1 unspecified atom stereocenters. The van der Waals surface area contributed by atoms with Crippen LogP contribution < -0.4 is 5.32 Å². The van der Waals surface area contributed by atoms with Crippen LogP contribution in [0.15, 0.2) is 54.6 Å². The Labute approximate surface area is 170 Å². The average molecular weight is 392 g/mol. The zero-order valence-electron chi connectivity index (χ0n) is 16.7. The topological polar surface area (TPSA) is 50.2 Å². The summed E-state index contributed by atoms with van der Waals surface area (Å²) < 4.78 is 15.1. The third-order valence-corrected chi connectivity index (χ3v) is 5.53. The molecule has 0 bridgehead atoms. The normalized spacial score (nSPS) is 16.2. The standard InChI is InChI=1S/C23H25FN4O/c1-16-5-3-7-22(26-16)25-15-19-6-4-14-28(19)23(29)21-13-12-20(27(21)2)17-8-10-18(24)11-9-17/h3,5,7-13,19H,4,6,14-15H2,1-2H3,(H,25,26). The second-order valence-electron chi connectivity index (χ2n) is 7.51. The largest absolute Gasteiger partial charge is 0.368 e. The van der Waals surface area contributed by atoms with Gasteiger partial charge >= 0.3 is 0 Å². The van der Waals surface area contributed by atoms with Crippen LogP contribution >= 0.6 is 0 Å². The van der Waals surface area contributed by atoms with Crippen molar-refractivity contribution < 1.29 is 9.18 Å². The molecule has 1 N–H and O–H groups in total. The van der Waals surface area contributed by atoms with Crippen molar-refractivity contribution in [2.75, 3.05) is 18.4 Å². The number of nitrogens with zero attached hydrogens (tertiary/aromatic N) is 3. The fraction of sp³-hybridized carbons (Fsp3) is 0.304. The summed E-state index contributed by atoms with van der Waals surface area (Å²) in [5.41, 5.74) is 3.39. The van der Waals surface area contributed by atoms with E-state index in [1.807, 2.05) is 53.8 Å². The Morgan fingerprint density at radius 2 is 1.97 bits per heavy atom. The number of hydrogen-bond donors (Lipinski definition) is 1. The summed E-state index contributed by atoms with van der Waals surface area (Å²) in [6.45, 7) is 3.39. The van der Waals surface area contributed by atoms with Gasteiger partial charge in [-0.3, -0.25) is 4.79 Å². The van der Waals surface area contributed by atoms with Gasteiger partial charge in [0.2, 0.25) is 0 Å². The van der Waals surface area contributed by atoms with Crippen molar-refractivity contribution in [1.29, 1.82) is 0 Å². The lowest BCUT2D eigenvalue weighted by Crippen LogP contribution is -2.40. The van der Waals surface area contributed by atoms with Gasteiger partial charge < -0.3 is 14.8 Å². The molecular formula is C23H25FN4O. The molecule has 0 spiro atoms. The lowest BCUT2D eigenvalue weighted by molar-refractivity contribution is 0.0734. The average Bonchev–Trinajstić information content (AvgIpc) is 3.33. The Hall–Kier alpha value is -3.15. The third kappa shape index (κ3) is 4.01. The number of amides is 1. The summed E-state index contributed by atoms with van der Waals surface area (Å²) in [7, 11) is 1.88. The number of aryl methyl sites for hydroxylation is 1. The fourth-order valence-corrected chi connectivity index (χ4v) is 3.96. The molecule has 150 valence electrons. The minimum Gasteiger partial charge on any atom is -0.368 e. The van der Waals surface area contributed by atoms with E-state index >= 15 is 0 Å². The van der Waals surface area contributed by atoms with Gasteiger partial charge in [0.05, 0.1) is 0 Å². The highest BCUT2D eigenvalue weighted by molar-refractivity contribution is 5.94. The monoisotopic (exact) mass is 392 g/mol. The molecule has 1 saturated heterocycles.